The summed E-state index contributed by atoms with van der Waals surface area (Å²) in [5.74, 6) is -0.435. The molecule has 160 valence electrons. The molecule has 12 nitrogen and oxygen atoms in total. The quantitative estimate of drug-likeness (QED) is 0.334. The molecule has 0 radical (unpaired) electrons. The van der Waals surface area contributed by atoms with Gasteiger partial charge in [-0.25, -0.2) is 32.9 Å². The van der Waals surface area contributed by atoms with Crippen molar-refractivity contribution in [2.24, 2.45) is 0 Å². The monoisotopic (exact) mass is 411 g/mol. The summed E-state index contributed by atoms with van der Waals surface area (Å²) in [6.45, 7) is 3.67. The van der Waals surface area contributed by atoms with Gasteiger partial charge in [0.2, 0.25) is 5.91 Å². The molecule has 0 spiro atoms. The molecular formula is C17H25N5O7. The Hall–Kier alpha value is -2.99. The third kappa shape index (κ3) is 4.54. The molecule has 1 saturated heterocycles. The van der Waals surface area contributed by atoms with Crippen molar-refractivity contribution in [1.29, 1.82) is 0 Å². The van der Waals surface area contributed by atoms with Crippen molar-refractivity contribution >= 4 is 11.9 Å². The highest BCUT2D eigenvalue weighted by molar-refractivity contribution is 6.01. The highest BCUT2D eigenvalue weighted by atomic mass is 16.3. The van der Waals surface area contributed by atoms with Gasteiger partial charge in [-0.2, -0.15) is 0 Å². The minimum atomic E-state index is -1.34. The highest BCUT2D eigenvalue weighted by Crippen LogP contribution is 2.08. The highest BCUT2D eigenvalue weighted by Gasteiger charge is 2.34. The van der Waals surface area contributed by atoms with Crippen LogP contribution < -0.4 is 17.1 Å². The van der Waals surface area contributed by atoms with Crippen molar-refractivity contribution in [2.75, 3.05) is 20.1 Å². The van der Waals surface area contributed by atoms with Crippen molar-refractivity contribution in [3.05, 3.63) is 44.1 Å². The number of carbonyl (C=O) groups excluding carboxylic acids is 2. The number of hydrogen-bond acceptors (Lipinski definition) is 7. The summed E-state index contributed by atoms with van der Waals surface area (Å²) in [5.41, 5.74) is -2.81. The Labute approximate surface area is 165 Å². The van der Waals surface area contributed by atoms with Crippen LogP contribution in [0.3, 0.4) is 0 Å². The first-order valence-corrected chi connectivity index (χ1v) is 9.09. The van der Waals surface area contributed by atoms with Crippen LogP contribution in [0.2, 0.25) is 0 Å². The Bertz CT molecular complexity index is 976. The van der Waals surface area contributed by atoms with Crippen LogP contribution in [-0.2, 0) is 24.4 Å². The molecule has 0 bridgehead atoms. The first-order chi connectivity index (χ1) is 13.6. The van der Waals surface area contributed by atoms with Crippen molar-refractivity contribution in [3.8, 4) is 0 Å². The van der Waals surface area contributed by atoms with Crippen LogP contribution >= 0.6 is 0 Å². The lowest BCUT2D eigenvalue weighted by Gasteiger charge is -2.20. The number of hydrogen-bond donors (Lipinski definition) is 2. The number of amides is 3. The van der Waals surface area contributed by atoms with E-state index in [1.165, 1.54) is 13.1 Å². The van der Waals surface area contributed by atoms with E-state index in [-0.39, 0.29) is 32.6 Å². The van der Waals surface area contributed by atoms with Crippen LogP contribution in [-0.4, -0.2) is 78.0 Å². The fourth-order valence-corrected chi connectivity index (χ4v) is 2.94. The van der Waals surface area contributed by atoms with Crippen LogP contribution in [0.4, 0.5) is 4.79 Å². The molecule has 1 fully saturated rings. The number of imide groups is 1. The minimum absolute atomic E-state index is 0.166. The molecule has 12 heteroatoms. The molecule has 1 aliphatic rings. The van der Waals surface area contributed by atoms with Gasteiger partial charge in [-0.3, -0.25) is 9.69 Å². The van der Waals surface area contributed by atoms with E-state index in [1.807, 2.05) is 0 Å². The van der Waals surface area contributed by atoms with Gasteiger partial charge in [-0.1, -0.05) is 13.0 Å². The van der Waals surface area contributed by atoms with Crippen molar-refractivity contribution in [2.45, 2.75) is 45.2 Å². The number of aliphatic hydroxyl groups excluding tert-OH is 2. The molecule has 1 aromatic rings. The van der Waals surface area contributed by atoms with Crippen LogP contribution in [0.15, 0.2) is 27.0 Å². The van der Waals surface area contributed by atoms with Gasteiger partial charge >= 0.3 is 23.1 Å². The number of aliphatic hydroxyl groups is 2. The molecule has 2 rings (SSSR count). The first kappa shape index (κ1) is 22.3. The molecule has 29 heavy (non-hydrogen) atoms. The number of urea groups is 1. The first-order valence-electron chi connectivity index (χ1n) is 9.09. The van der Waals surface area contributed by atoms with E-state index in [4.69, 9.17) is 0 Å². The zero-order valence-corrected chi connectivity index (χ0v) is 16.4. The predicted octanol–water partition coefficient (Wildman–Crippen LogP) is -2.62. The van der Waals surface area contributed by atoms with Gasteiger partial charge < -0.3 is 15.1 Å². The molecule has 1 aliphatic heterocycles. The number of β-amino-alcohol motifs (C(OH)–C–C–N with tert-alkyl or cyclic N) is 1. The lowest BCUT2D eigenvalue weighted by atomic mass is 10.3. The Kier molecular flexibility index (Phi) is 6.93. The van der Waals surface area contributed by atoms with Crippen molar-refractivity contribution < 1.29 is 19.8 Å². The number of likely N-dealkylation sites (N-methyl/N-ethyl adjacent to an activating group) is 1. The number of allylic oxidation sites excluding steroid dienone is 1. The SMILES string of the molecule is C=CCn1c(=O)n(CC(O)CC)c(=O)n(CC(O)CN2CC(=O)N(C)C2=O)c1=O. The zero-order chi connectivity index (χ0) is 21.9. The Balaban J connectivity index is 2.38. The lowest BCUT2D eigenvalue weighted by Crippen LogP contribution is -2.56. The average Bonchev–Trinajstić information content (AvgIpc) is 2.92. The lowest BCUT2D eigenvalue weighted by molar-refractivity contribution is -0.124. The standard InChI is InChI=1S/C17H25N5O7/c1-4-6-20-15(27)21(8-11(23)5-2)17(29)22(16(20)28)9-12(24)7-19-10-13(25)18(3)14(19)26/h4,11-12,23-24H,1,5-10H2,2-3H3. The summed E-state index contributed by atoms with van der Waals surface area (Å²) in [6.07, 6.45) is -0.729. The molecule has 2 N–H and O–H groups in total. The third-order valence-corrected chi connectivity index (χ3v) is 4.64. The van der Waals surface area contributed by atoms with Crippen molar-refractivity contribution in [3.63, 3.8) is 0 Å². The van der Waals surface area contributed by atoms with E-state index >= 15 is 0 Å². The molecule has 0 aromatic carbocycles. The molecule has 0 aliphatic carbocycles. The molecule has 0 saturated carbocycles. The number of carbonyl (C=O) groups is 2. The van der Waals surface area contributed by atoms with Gasteiger partial charge in [0, 0.05) is 7.05 Å². The van der Waals surface area contributed by atoms with Crippen LogP contribution in [0.5, 0.6) is 0 Å². The van der Waals surface area contributed by atoms with E-state index in [0.29, 0.717) is 4.57 Å². The smallest absolute Gasteiger partial charge is 0.336 e. The van der Waals surface area contributed by atoms with Crippen LogP contribution in [0.25, 0.3) is 0 Å². The van der Waals surface area contributed by atoms with Gasteiger partial charge in [0.25, 0.3) is 0 Å². The minimum Gasteiger partial charge on any atom is -0.391 e. The maximum absolute atomic E-state index is 12.7. The van der Waals surface area contributed by atoms with Gasteiger partial charge in [-0.15, -0.1) is 6.58 Å². The topological polar surface area (TPSA) is 147 Å². The third-order valence-electron chi connectivity index (χ3n) is 4.64. The van der Waals surface area contributed by atoms with Gasteiger partial charge in [-0.05, 0) is 6.42 Å². The number of nitrogens with zero attached hydrogens (tertiary/aromatic N) is 5. The summed E-state index contributed by atoms with van der Waals surface area (Å²) in [6, 6.07) is -0.596. The summed E-state index contributed by atoms with van der Waals surface area (Å²) in [7, 11) is 1.31. The second kappa shape index (κ2) is 9.01. The molecular weight excluding hydrogens is 386 g/mol. The Morgan fingerprint density at radius 2 is 1.45 bits per heavy atom. The van der Waals surface area contributed by atoms with E-state index in [0.717, 1.165) is 18.9 Å². The maximum atomic E-state index is 12.7. The fourth-order valence-electron chi connectivity index (χ4n) is 2.94. The number of aromatic nitrogens is 3. The van der Waals surface area contributed by atoms with Gasteiger partial charge in [0.05, 0.1) is 38.4 Å². The zero-order valence-electron chi connectivity index (χ0n) is 16.4. The molecule has 2 unspecified atom stereocenters. The van der Waals surface area contributed by atoms with Crippen LogP contribution in [0, 0.1) is 0 Å². The maximum Gasteiger partial charge on any atom is 0.336 e. The fraction of sp³-hybridized carbons (Fsp3) is 0.588. The van der Waals surface area contributed by atoms with E-state index in [9.17, 15) is 34.2 Å². The summed E-state index contributed by atoms with van der Waals surface area (Å²) in [5, 5.41) is 20.2. The normalized spacial score (nSPS) is 16.4. The van der Waals surface area contributed by atoms with E-state index in [2.05, 4.69) is 6.58 Å². The predicted molar refractivity (Wildman–Crippen MR) is 101 cm³/mol. The largest absolute Gasteiger partial charge is 0.391 e. The second-order valence-electron chi connectivity index (χ2n) is 6.80. The summed E-state index contributed by atoms with van der Waals surface area (Å²) in [4.78, 5) is 63.3. The molecule has 1 aromatic heterocycles. The van der Waals surface area contributed by atoms with Crippen LogP contribution in [0.1, 0.15) is 13.3 Å². The summed E-state index contributed by atoms with van der Waals surface area (Å²) < 4.78 is 2.16. The summed E-state index contributed by atoms with van der Waals surface area (Å²) >= 11 is 0. The Morgan fingerprint density at radius 3 is 1.90 bits per heavy atom. The second-order valence-corrected chi connectivity index (χ2v) is 6.80. The van der Waals surface area contributed by atoms with Gasteiger partial charge in [0.1, 0.15) is 6.54 Å². The molecule has 2 atom stereocenters. The van der Waals surface area contributed by atoms with E-state index < -0.39 is 47.8 Å². The van der Waals surface area contributed by atoms with Gasteiger partial charge in [0.15, 0.2) is 0 Å². The Morgan fingerprint density at radius 1 is 0.931 bits per heavy atom. The average molecular weight is 411 g/mol. The molecule has 2 heterocycles. The van der Waals surface area contributed by atoms with E-state index in [1.54, 1.807) is 6.92 Å². The molecule has 3 amide bonds. The number of rotatable bonds is 9. The van der Waals surface area contributed by atoms with Crippen molar-refractivity contribution in [1.82, 2.24) is 23.5 Å².